The molecule has 8 rings (SSSR count). The van der Waals surface area contributed by atoms with Gasteiger partial charge >= 0.3 is 5.97 Å². The van der Waals surface area contributed by atoms with Gasteiger partial charge < -0.3 is 9.64 Å². The maximum Gasteiger partial charge on any atom is 0.356 e. The Hall–Kier alpha value is -6.59. The van der Waals surface area contributed by atoms with Crippen LogP contribution < -0.4 is 0 Å². The molecular weight excluding hydrogens is 675 g/mol. The van der Waals surface area contributed by atoms with Crippen molar-refractivity contribution in [3.8, 4) is 22.4 Å². The minimum Gasteiger partial charge on any atom is -0.464 e. The fourth-order valence-corrected chi connectivity index (χ4v) is 8.07. The summed E-state index contributed by atoms with van der Waals surface area (Å²) in [6.07, 6.45) is 12.6. The minimum absolute atomic E-state index is 0.115. The van der Waals surface area contributed by atoms with Crippen molar-refractivity contribution in [2.24, 2.45) is 4.99 Å². The second kappa shape index (κ2) is 15.0. The predicted octanol–water partition coefficient (Wildman–Crippen LogP) is 11.3. The molecule has 55 heavy (non-hydrogen) atoms. The van der Waals surface area contributed by atoms with Crippen molar-refractivity contribution in [2.45, 2.75) is 32.9 Å². The van der Waals surface area contributed by atoms with Crippen LogP contribution in [0.3, 0.4) is 0 Å². The lowest BCUT2D eigenvalue weighted by Gasteiger charge is -2.36. The molecule has 3 heterocycles. The van der Waals surface area contributed by atoms with Gasteiger partial charge in [-0.1, -0.05) is 127 Å². The van der Waals surface area contributed by atoms with Gasteiger partial charge in [0, 0.05) is 41.5 Å². The van der Waals surface area contributed by atoms with Gasteiger partial charge in [0.1, 0.15) is 5.71 Å². The lowest BCUT2D eigenvalue weighted by atomic mass is 9.84. The van der Waals surface area contributed by atoms with Gasteiger partial charge in [-0.05, 0) is 101 Å². The zero-order valence-electron chi connectivity index (χ0n) is 31.8. The van der Waals surface area contributed by atoms with Crippen LogP contribution in [-0.2, 0) is 9.53 Å². The smallest absolute Gasteiger partial charge is 0.356 e. The molecule has 2 unspecified atom stereocenters. The molecular formula is C50H43N3O2. The van der Waals surface area contributed by atoms with E-state index in [0.29, 0.717) is 0 Å². The molecule has 5 aromatic carbocycles. The molecule has 0 aliphatic carbocycles. The van der Waals surface area contributed by atoms with E-state index >= 15 is 0 Å². The second-order valence-electron chi connectivity index (χ2n) is 14.2. The Labute approximate surface area is 323 Å². The van der Waals surface area contributed by atoms with Gasteiger partial charge in [0.25, 0.3) is 0 Å². The molecule has 1 aromatic heterocycles. The topological polar surface area (TPSA) is 54.8 Å². The quantitative estimate of drug-likeness (QED) is 0.0893. The fourth-order valence-electron chi connectivity index (χ4n) is 8.07. The molecule has 0 radical (unpaired) electrons. The molecule has 2 atom stereocenters. The van der Waals surface area contributed by atoms with Crippen LogP contribution in [0.25, 0.3) is 50.0 Å². The lowest BCUT2D eigenvalue weighted by molar-refractivity contribution is -0.132. The molecule has 0 N–H and O–H groups in total. The van der Waals surface area contributed by atoms with E-state index in [2.05, 4.69) is 176 Å². The van der Waals surface area contributed by atoms with Gasteiger partial charge in [-0.3, -0.25) is 9.98 Å². The SMILES string of the molecule is C/N=C(/C=C(\C=C(/C)c1ccccc1C1c2c(cc(-c3ccccc3)cc2-c2nccc3ccccc23)C2=CC=CC(C)N21)c1ccc(C)cc1)C(=O)OC. The summed E-state index contributed by atoms with van der Waals surface area (Å²) in [5, 5.41) is 2.28. The van der Waals surface area contributed by atoms with Crippen LogP contribution in [0.15, 0.2) is 163 Å². The number of ether oxygens (including phenoxy) is 1. The third-order valence-electron chi connectivity index (χ3n) is 10.8. The summed E-state index contributed by atoms with van der Waals surface area (Å²) < 4.78 is 5.08. The molecule has 2 aliphatic rings. The number of hydrogen-bond acceptors (Lipinski definition) is 5. The number of esters is 1. The van der Waals surface area contributed by atoms with E-state index in [4.69, 9.17) is 9.72 Å². The third-order valence-corrected chi connectivity index (χ3v) is 10.8. The maximum atomic E-state index is 12.7. The van der Waals surface area contributed by atoms with Crippen molar-refractivity contribution in [3.63, 3.8) is 0 Å². The predicted molar refractivity (Wildman–Crippen MR) is 227 cm³/mol. The number of benzene rings is 5. The first-order valence-corrected chi connectivity index (χ1v) is 18.7. The van der Waals surface area contributed by atoms with Crippen LogP contribution in [0.5, 0.6) is 0 Å². The molecule has 6 aromatic rings. The molecule has 0 saturated carbocycles. The van der Waals surface area contributed by atoms with Crippen LogP contribution in [0.1, 0.15) is 53.3 Å². The van der Waals surface area contributed by atoms with E-state index in [1.807, 2.05) is 12.3 Å². The highest BCUT2D eigenvalue weighted by molar-refractivity contribution is 6.42. The first-order chi connectivity index (χ1) is 26.9. The summed E-state index contributed by atoms with van der Waals surface area (Å²) in [4.78, 5) is 24.7. The molecule has 5 nitrogen and oxygen atoms in total. The van der Waals surface area contributed by atoms with Crippen LogP contribution >= 0.6 is 0 Å². The summed E-state index contributed by atoms with van der Waals surface area (Å²) in [6.45, 7) is 6.50. The summed E-state index contributed by atoms with van der Waals surface area (Å²) in [6, 6.07) is 43.0. The Bertz CT molecular complexity index is 2590. The summed E-state index contributed by atoms with van der Waals surface area (Å²) in [5.41, 5.74) is 14.7. The number of hydrogen-bond donors (Lipinski definition) is 0. The largest absolute Gasteiger partial charge is 0.464 e. The highest BCUT2D eigenvalue weighted by Crippen LogP contribution is 2.53. The molecule has 2 aliphatic heterocycles. The Kier molecular flexibility index (Phi) is 9.69. The number of aromatic nitrogens is 1. The number of carbonyl (C=O) groups excluding carboxylic acids is 1. The van der Waals surface area contributed by atoms with Gasteiger partial charge in [-0.2, -0.15) is 0 Å². The number of fused-ring (bicyclic) bond motifs is 4. The first-order valence-electron chi connectivity index (χ1n) is 18.7. The molecule has 0 saturated heterocycles. The zero-order valence-corrected chi connectivity index (χ0v) is 31.8. The lowest BCUT2D eigenvalue weighted by Crippen LogP contribution is -2.32. The minimum atomic E-state index is -0.475. The van der Waals surface area contributed by atoms with Gasteiger partial charge in [0.15, 0.2) is 0 Å². The van der Waals surface area contributed by atoms with Gasteiger partial charge in [0.2, 0.25) is 0 Å². The number of nitrogens with zero attached hydrogens (tertiary/aromatic N) is 3. The van der Waals surface area contributed by atoms with Crippen molar-refractivity contribution in [3.05, 3.63) is 191 Å². The summed E-state index contributed by atoms with van der Waals surface area (Å²) in [7, 11) is 3.00. The van der Waals surface area contributed by atoms with E-state index in [-0.39, 0.29) is 17.8 Å². The molecule has 0 bridgehead atoms. The van der Waals surface area contributed by atoms with Gasteiger partial charge in [0.05, 0.1) is 18.8 Å². The van der Waals surface area contributed by atoms with Crippen LogP contribution in [0.2, 0.25) is 0 Å². The Morgan fingerprint density at radius 2 is 1.56 bits per heavy atom. The maximum absolute atomic E-state index is 12.7. The Morgan fingerprint density at radius 3 is 2.35 bits per heavy atom. The van der Waals surface area contributed by atoms with E-state index in [9.17, 15) is 4.79 Å². The van der Waals surface area contributed by atoms with Crippen molar-refractivity contribution in [2.75, 3.05) is 14.2 Å². The molecule has 0 fully saturated rings. The van der Waals surface area contributed by atoms with Crippen molar-refractivity contribution in [1.29, 1.82) is 0 Å². The number of aliphatic imine (C=N–C) groups is 1. The van der Waals surface area contributed by atoms with Crippen LogP contribution in [0, 0.1) is 6.92 Å². The zero-order chi connectivity index (χ0) is 38.1. The van der Waals surface area contributed by atoms with Crippen molar-refractivity contribution in [1.82, 2.24) is 9.88 Å². The number of allylic oxidation sites excluding steroid dienone is 5. The van der Waals surface area contributed by atoms with Crippen LogP contribution in [-0.4, -0.2) is 41.8 Å². The number of rotatable bonds is 8. The monoisotopic (exact) mass is 717 g/mol. The van der Waals surface area contributed by atoms with Crippen molar-refractivity contribution >= 4 is 39.3 Å². The molecule has 5 heteroatoms. The molecule has 0 amide bonds. The first kappa shape index (κ1) is 35.4. The third kappa shape index (κ3) is 6.63. The Balaban J connectivity index is 1.38. The standard InChI is InChI=1S/C50H43N3O2/c1-32-22-24-36(25-23-32)38(31-45(51-4)50(54)55-5)28-33(2)40-18-11-12-20-42(40)49-47-43(46-21-13-14-34(3)53(46)49)29-39(35-15-7-6-8-16-35)30-44(47)48-41-19-10-9-17-37(41)26-27-52-48/h6-31,34,49H,1-5H3/b33-28+,38-31+,51-45-. The molecule has 270 valence electrons. The highest BCUT2D eigenvalue weighted by Gasteiger charge is 2.41. The van der Waals surface area contributed by atoms with E-state index in [0.717, 1.165) is 55.4 Å². The average molecular weight is 718 g/mol. The van der Waals surface area contributed by atoms with Crippen molar-refractivity contribution < 1.29 is 9.53 Å². The van der Waals surface area contributed by atoms with Crippen LogP contribution in [0.4, 0.5) is 0 Å². The summed E-state index contributed by atoms with van der Waals surface area (Å²) in [5.74, 6) is -0.475. The van der Waals surface area contributed by atoms with E-state index in [1.54, 1.807) is 7.05 Å². The van der Waals surface area contributed by atoms with Gasteiger partial charge in [-0.25, -0.2) is 4.79 Å². The van der Waals surface area contributed by atoms with Gasteiger partial charge in [-0.15, -0.1) is 0 Å². The average Bonchev–Trinajstić information content (AvgIpc) is 3.57. The Morgan fingerprint density at radius 1 is 0.836 bits per heavy atom. The summed E-state index contributed by atoms with van der Waals surface area (Å²) >= 11 is 0. The highest BCUT2D eigenvalue weighted by atomic mass is 16.5. The van der Waals surface area contributed by atoms with E-state index < -0.39 is 5.97 Å². The number of pyridine rings is 1. The normalized spacial score (nSPS) is 16.9. The number of carbonyl (C=O) groups is 1. The fraction of sp³-hybridized carbons (Fsp3) is 0.140. The number of aryl methyl sites for hydroxylation is 1. The molecule has 0 spiro atoms. The van der Waals surface area contributed by atoms with E-state index in [1.165, 1.54) is 35.1 Å². The number of methoxy groups -OCH3 is 1. The second-order valence-corrected chi connectivity index (χ2v) is 14.2.